The topological polar surface area (TPSA) is 42.0 Å². The Morgan fingerprint density at radius 1 is 1.24 bits per heavy atom. The third-order valence-corrected chi connectivity index (χ3v) is 3.69. The number of carbonyl (C=O) groups is 1. The number of carbonyl (C=O) groups excluding carboxylic acids is 1. The summed E-state index contributed by atoms with van der Waals surface area (Å²) in [7, 11) is 3.16. The van der Waals surface area contributed by atoms with Gasteiger partial charge in [0.1, 0.15) is 11.5 Å². The molecule has 21 heavy (non-hydrogen) atoms. The number of hydrogen-bond donors (Lipinski definition) is 0. The molecular weight excluding hydrogens is 268 g/mol. The van der Waals surface area contributed by atoms with E-state index in [0.717, 1.165) is 32.7 Å². The Bertz CT molecular complexity index is 508. The molecule has 0 atom stereocenters. The smallest absolute Gasteiger partial charge is 0.257 e. The molecule has 1 saturated heterocycles. The molecule has 1 fully saturated rings. The van der Waals surface area contributed by atoms with Crippen LogP contribution in [0, 0.1) is 0 Å². The summed E-state index contributed by atoms with van der Waals surface area (Å²) in [5.41, 5.74) is 0.579. The van der Waals surface area contributed by atoms with Gasteiger partial charge in [-0.3, -0.25) is 9.69 Å². The van der Waals surface area contributed by atoms with Gasteiger partial charge in [-0.05, 0) is 12.1 Å². The van der Waals surface area contributed by atoms with Crippen LogP contribution < -0.4 is 9.47 Å². The van der Waals surface area contributed by atoms with Crippen LogP contribution in [0.25, 0.3) is 0 Å². The zero-order chi connectivity index (χ0) is 15.2. The molecule has 1 aliphatic rings. The zero-order valence-electron chi connectivity index (χ0n) is 12.7. The average Bonchev–Trinajstić information content (AvgIpc) is 2.54. The van der Waals surface area contributed by atoms with E-state index in [4.69, 9.17) is 9.47 Å². The van der Waals surface area contributed by atoms with E-state index in [1.54, 1.807) is 32.4 Å². The van der Waals surface area contributed by atoms with Gasteiger partial charge < -0.3 is 14.4 Å². The van der Waals surface area contributed by atoms with Crippen LogP contribution in [0.3, 0.4) is 0 Å². The number of piperazine rings is 1. The molecule has 1 amide bonds. The molecule has 1 heterocycles. The molecule has 1 aromatic carbocycles. The van der Waals surface area contributed by atoms with Gasteiger partial charge in [0.2, 0.25) is 0 Å². The lowest BCUT2D eigenvalue weighted by Gasteiger charge is -2.34. The maximum absolute atomic E-state index is 12.6. The largest absolute Gasteiger partial charge is 0.497 e. The summed E-state index contributed by atoms with van der Waals surface area (Å²) in [5.74, 6) is 1.24. The number of hydrogen-bond acceptors (Lipinski definition) is 4. The fourth-order valence-corrected chi connectivity index (χ4v) is 2.46. The Labute approximate surface area is 125 Å². The molecule has 2 rings (SSSR count). The molecule has 0 N–H and O–H groups in total. The predicted molar refractivity (Wildman–Crippen MR) is 82.1 cm³/mol. The molecule has 0 saturated carbocycles. The summed E-state index contributed by atoms with van der Waals surface area (Å²) in [6.45, 7) is 7.80. The molecular formula is C16H22N2O3. The van der Waals surface area contributed by atoms with Crippen molar-refractivity contribution in [1.82, 2.24) is 9.80 Å². The summed E-state index contributed by atoms with van der Waals surface area (Å²) < 4.78 is 10.5. The third kappa shape index (κ3) is 3.55. The van der Waals surface area contributed by atoms with Crippen molar-refractivity contribution in [3.63, 3.8) is 0 Å². The first-order valence-electron chi connectivity index (χ1n) is 7.04. The zero-order valence-corrected chi connectivity index (χ0v) is 12.7. The van der Waals surface area contributed by atoms with Crippen LogP contribution >= 0.6 is 0 Å². The summed E-state index contributed by atoms with van der Waals surface area (Å²) in [6, 6.07) is 5.28. The highest BCUT2D eigenvalue weighted by Gasteiger charge is 2.24. The summed E-state index contributed by atoms with van der Waals surface area (Å²) in [4.78, 5) is 16.8. The molecule has 1 aliphatic heterocycles. The highest BCUT2D eigenvalue weighted by Crippen LogP contribution is 2.26. The molecule has 0 spiro atoms. The van der Waals surface area contributed by atoms with Crippen LogP contribution in [-0.2, 0) is 0 Å². The van der Waals surface area contributed by atoms with Crippen molar-refractivity contribution in [3.8, 4) is 11.5 Å². The lowest BCUT2D eigenvalue weighted by molar-refractivity contribution is 0.0647. The van der Waals surface area contributed by atoms with E-state index in [1.807, 2.05) is 11.0 Å². The van der Waals surface area contributed by atoms with Crippen molar-refractivity contribution in [2.75, 3.05) is 46.9 Å². The lowest BCUT2D eigenvalue weighted by atomic mass is 10.1. The second-order valence-corrected chi connectivity index (χ2v) is 4.95. The van der Waals surface area contributed by atoms with Crippen molar-refractivity contribution in [2.24, 2.45) is 0 Å². The average molecular weight is 290 g/mol. The number of rotatable bonds is 5. The van der Waals surface area contributed by atoms with Gasteiger partial charge in [0.05, 0.1) is 19.8 Å². The predicted octanol–water partition coefficient (Wildman–Crippen LogP) is 1.65. The third-order valence-electron chi connectivity index (χ3n) is 3.69. The molecule has 5 heteroatoms. The minimum atomic E-state index is 0.00718. The van der Waals surface area contributed by atoms with Gasteiger partial charge in [0.25, 0.3) is 5.91 Å². The van der Waals surface area contributed by atoms with Crippen LogP contribution in [0.15, 0.2) is 30.9 Å². The van der Waals surface area contributed by atoms with Crippen LogP contribution in [0.2, 0.25) is 0 Å². The molecule has 0 aliphatic carbocycles. The summed E-state index contributed by atoms with van der Waals surface area (Å²) in [6.07, 6.45) is 1.89. The van der Waals surface area contributed by atoms with Crippen LogP contribution in [-0.4, -0.2) is 62.7 Å². The van der Waals surface area contributed by atoms with Crippen LogP contribution in [0.4, 0.5) is 0 Å². The maximum atomic E-state index is 12.6. The number of nitrogens with zero attached hydrogens (tertiary/aromatic N) is 2. The Morgan fingerprint density at radius 3 is 2.52 bits per heavy atom. The Balaban J connectivity index is 2.08. The van der Waals surface area contributed by atoms with E-state index in [0.29, 0.717) is 17.1 Å². The second-order valence-electron chi connectivity index (χ2n) is 4.95. The molecule has 0 unspecified atom stereocenters. The molecule has 0 bridgehead atoms. The second kappa shape index (κ2) is 7.13. The van der Waals surface area contributed by atoms with E-state index in [1.165, 1.54) is 0 Å². The van der Waals surface area contributed by atoms with Gasteiger partial charge in [-0.2, -0.15) is 0 Å². The Kier molecular flexibility index (Phi) is 5.22. The number of benzene rings is 1. The normalized spacial score (nSPS) is 15.6. The molecule has 0 radical (unpaired) electrons. The SMILES string of the molecule is C=CCN1CCN(C(=O)c2ccc(OC)cc2OC)CC1. The highest BCUT2D eigenvalue weighted by molar-refractivity contribution is 5.97. The number of amides is 1. The van der Waals surface area contributed by atoms with Gasteiger partial charge in [-0.25, -0.2) is 0 Å². The van der Waals surface area contributed by atoms with Gasteiger partial charge in [0, 0.05) is 38.8 Å². The van der Waals surface area contributed by atoms with Gasteiger partial charge in [-0.15, -0.1) is 6.58 Å². The van der Waals surface area contributed by atoms with E-state index in [2.05, 4.69) is 11.5 Å². The molecule has 114 valence electrons. The van der Waals surface area contributed by atoms with E-state index in [-0.39, 0.29) is 5.91 Å². The standard InChI is InChI=1S/C16H22N2O3/c1-4-7-17-8-10-18(11-9-17)16(19)14-6-5-13(20-2)12-15(14)21-3/h4-6,12H,1,7-11H2,2-3H3. The van der Waals surface area contributed by atoms with E-state index >= 15 is 0 Å². The lowest BCUT2D eigenvalue weighted by Crippen LogP contribution is -2.48. The molecule has 1 aromatic rings. The van der Waals surface area contributed by atoms with Gasteiger partial charge in [0.15, 0.2) is 0 Å². The van der Waals surface area contributed by atoms with Crippen LogP contribution in [0.5, 0.6) is 11.5 Å². The fraction of sp³-hybridized carbons (Fsp3) is 0.438. The number of ether oxygens (including phenoxy) is 2. The minimum Gasteiger partial charge on any atom is -0.497 e. The van der Waals surface area contributed by atoms with E-state index in [9.17, 15) is 4.79 Å². The monoisotopic (exact) mass is 290 g/mol. The summed E-state index contributed by atoms with van der Waals surface area (Å²) >= 11 is 0. The van der Waals surface area contributed by atoms with Crippen LogP contribution in [0.1, 0.15) is 10.4 Å². The molecule has 0 aromatic heterocycles. The van der Waals surface area contributed by atoms with Crippen molar-refractivity contribution >= 4 is 5.91 Å². The first kappa shape index (κ1) is 15.4. The van der Waals surface area contributed by atoms with E-state index < -0.39 is 0 Å². The summed E-state index contributed by atoms with van der Waals surface area (Å²) in [5, 5.41) is 0. The fourth-order valence-electron chi connectivity index (χ4n) is 2.46. The first-order valence-corrected chi connectivity index (χ1v) is 7.04. The number of methoxy groups -OCH3 is 2. The Hall–Kier alpha value is -2.01. The molecule has 5 nitrogen and oxygen atoms in total. The quantitative estimate of drug-likeness (QED) is 0.773. The van der Waals surface area contributed by atoms with Crippen molar-refractivity contribution in [1.29, 1.82) is 0 Å². The minimum absolute atomic E-state index is 0.00718. The maximum Gasteiger partial charge on any atom is 0.257 e. The van der Waals surface area contributed by atoms with Crippen molar-refractivity contribution < 1.29 is 14.3 Å². The first-order chi connectivity index (χ1) is 10.2. The van der Waals surface area contributed by atoms with Gasteiger partial charge in [-0.1, -0.05) is 6.08 Å². The van der Waals surface area contributed by atoms with Crippen molar-refractivity contribution in [3.05, 3.63) is 36.4 Å². The highest BCUT2D eigenvalue weighted by atomic mass is 16.5. The Morgan fingerprint density at radius 2 is 1.95 bits per heavy atom. The van der Waals surface area contributed by atoms with Crippen molar-refractivity contribution in [2.45, 2.75) is 0 Å². The van der Waals surface area contributed by atoms with Gasteiger partial charge >= 0.3 is 0 Å².